The van der Waals surface area contributed by atoms with E-state index in [2.05, 4.69) is 21.0 Å². The van der Waals surface area contributed by atoms with Crippen molar-refractivity contribution in [1.29, 1.82) is 0 Å². The number of benzene rings is 1. The summed E-state index contributed by atoms with van der Waals surface area (Å²) in [5, 5.41) is 4.43. The van der Waals surface area contributed by atoms with Gasteiger partial charge in [-0.05, 0) is 28.4 Å². The lowest BCUT2D eigenvalue weighted by Crippen LogP contribution is -2.17. The highest BCUT2D eigenvalue weighted by atomic mass is 79.9. The molecule has 114 valence electrons. The normalized spacial score (nSPS) is 12.5. The molecule has 0 saturated heterocycles. The number of nitrogens with zero attached hydrogens (tertiary/aromatic N) is 2. The van der Waals surface area contributed by atoms with Crippen molar-refractivity contribution in [1.82, 2.24) is 9.78 Å². The van der Waals surface area contributed by atoms with E-state index in [-0.39, 0.29) is 5.82 Å². The van der Waals surface area contributed by atoms with E-state index in [1.54, 1.807) is 16.8 Å². The highest BCUT2D eigenvalue weighted by Gasteiger charge is 2.19. The third-order valence-electron chi connectivity index (χ3n) is 3.52. The average Bonchev–Trinajstić information content (AvgIpc) is 2.74. The number of aryl methyl sites for hydroxylation is 2. The zero-order valence-electron chi connectivity index (χ0n) is 12.4. The summed E-state index contributed by atoms with van der Waals surface area (Å²) in [6.45, 7) is 2.04. The number of hydrogen-bond donors (Lipinski definition) is 1. The van der Waals surface area contributed by atoms with Gasteiger partial charge in [-0.15, -0.1) is 0 Å². The van der Waals surface area contributed by atoms with Crippen LogP contribution in [0.1, 0.15) is 29.9 Å². The molecule has 1 unspecified atom stereocenters. The first-order chi connectivity index (χ1) is 9.97. The van der Waals surface area contributed by atoms with Gasteiger partial charge in [0.2, 0.25) is 0 Å². The third kappa shape index (κ3) is 3.27. The number of nitrogens with two attached hydrogens (primary N) is 1. The Labute approximate surface area is 132 Å². The van der Waals surface area contributed by atoms with Crippen LogP contribution < -0.4 is 10.5 Å². The van der Waals surface area contributed by atoms with Crippen LogP contribution in [0.25, 0.3) is 0 Å². The number of methoxy groups -OCH3 is 1. The minimum atomic E-state index is -0.438. The Kier molecular flexibility index (Phi) is 5.00. The second kappa shape index (κ2) is 6.58. The zero-order valence-corrected chi connectivity index (χ0v) is 13.9. The van der Waals surface area contributed by atoms with Crippen LogP contribution in [-0.2, 0) is 19.9 Å². The largest absolute Gasteiger partial charge is 0.497 e. The summed E-state index contributed by atoms with van der Waals surface area (Å²) in [6.07, 6.45) is 1.34. The molecule has 0 aliphatic carbocycles. The molecule has 0 saturated carbocycles. The molecule has 1 atom stereocenters. The molecular formula is C15H19BrFN3O. The average molecular weight is 356 g/mol. The molecule has 0 aliphatic heterocycles. The molecule has 0 bridgehead atoms. The molecule has 0 spiro atoms. The Morgan fingerprint density at radius 2 is 2.19 bits per heavy atom. The molecule has 21 heavy (non-hydrogen) atoms. The maximum Gasteiger partial charge on any atom is 0.131 e. The molecule has 1 heterocycles. The highest BCUT2D eigenvalue weighted by molar-refractivity contribution is 9.10. The van der Waals surface area contributed by atoms with Crippen LogP contribution in [0.5, 0.6) is 5.75 Å². The lowest BCUT2D eigenvalue weighted by molar-refractivity contribution is 0.410. The predicted molar refractivity (Wildman–Crippen MR) is 83.9 cm³/mol. The second-order valence-corrected chi connectivity index (χ2v) is 5.68. The number of ether oxygens (including phenoxy) is 1. The first-order valence-electron chi connectivity index (χ1n) is 6.77. The maximum atomic E-state index is 14.1. The van der Waals surface area contributed by atoms with Crippen LogP contribution in [0.3, 0.4) is 0 Å². The van der Waals surface area contributed by atoms with E-state index >= 15 is 0 Å². The van der Waals surface area contributed by atoms with Gasteiger partial charge in [0.05, 0.1) is 23.0 Å². The molecule has 1 aromatic carbocycles. The van der Waals surface area contributed by atoms with Gasteiger partial charge in [0.1, 0.15) is 11.6 Å². The van der Waals surface area contributed by atoms with Gasteiger partial charge in [-0.3, -0.25) is 4.68 Å². The Balaban J connectivity index is 2.26. The lowest BCUT2D eigenvalue weighted by Gasteiger charge is -2.14. The number of rotatable bonds is 5. The standard InChI is InChI=1S/C15H19BrFN3O/c1-4-13-15(16)14(20(2)19-13)8-12(18)10-6-5-9(21-3)7-11(10)17/h5-7,12H,4,8,18H2,1-3H3. The number of hydrogen-bond acceptors (Lipinski definition) is 3. The molecule has 1 aromatic heterocycles. The van der Waals surface area contributed by atoms with Gasteiger partial charge >= 0.3 is 0 Å². The van der Waals surface area contributed by atoms with Gasteiger partial charge in [-0.25, -0.2) is 4.39 Å². The highest BCUT2D eigenvalue weighted by Crippen LogP contribution is 2.27. The molecule has 6 heteroatoms. The topological polar surface area (TPSA) is 53.1 Å². The molecule has 0 aliphatic rings. The van der Waals surface area contributed by atoms with Crippen molar-refractivity contribution < 1.29 is 9.13 Å². The van der Waals surface area contributed by atoms with E-state index in [0.29, 0.717) is 17.7 Å². The van der Waals surface area contributed by atoms with Gasteiger partial charge < -0.3 is 10.5 Å². The van der Waals surface area contributed by atoms with E-state index < -0.39 is 6.04 Å². The van der Waals surface area contributed by atoms with Gasteiger partial charge in [0.25, 0.3) is 0 Å². The van der Waals surface area contributed by atoms with Crippen LogP contribution in [0.4, 0.5) is 4.39 Å². The minimum absolute atomic E-state index is 0.351. The predicted octanol–water partition coefficient (Wildman–Crippen LogP) is 3.14. The monoisotopic (exact) mass is 355 g/mol. The van der Waals surface area contributed by atoms with Crippen LogP contribution in [0, 0.1) is 5.82 Å². The van der Waals surface area contributed by atoms with Crippen molar-refractivity contribution in [3.63, 3.8) is 0 Å². The number of aromatic nitrogens is 2. The van der Waals surface area contributed by atoms with Crippen LogP contribution in [-0.4, -0.2) is 16.9 Å². The van der Waals surface area contributed by atoms with Crippen LogP contribution in [0.15, 0.2) is 22.7 Å². The van der Waals surface area contributed by atoms with Gasteiger partial charge in [-0.1, -0.05) is 13.0 Å². The summed E-state index contributed by atoms with van der Waals surface area (Å²) in [5.74, 6) is 0.134. The van der Waals surface area contributed by atoms with Crippen molar-refractivity contribution >= 4 is 15.9 Å². The maximum absolute atomic E-state index is 14.1. The first-order valence-corrected chi connectivity index (χ1v) is 7.56. The SMILES string of the molecule is CCc1nn(C)c(CC(N)c2ccc(OC)cc2F)c1Br. The second-order valence-electron chi connectivity index (χ2n) is 4.88. The van der Waals surface area contributed by atoms with Gasteiger partial charge in [0, 0.05) is 31.1 Å². The van der Waals surface area contributed by atoms with Crippen molar-refractivity contribution in [3.8, 4) is 5.75 Å². The Morgan fingerprint density at radius 3 is 2.71 bits per heavy atom. The molecule has 2 aromatic rings. The van der Waals surface area contributed by atoms with Crippen molar-refractivity contribution in [2.45, 2.75) is 25.8 Å². The fraction of sp³-hybridized carbons (Fsp3) is 0.400. The van der Waals surface area contributed by atoms with E-state index in [0.717, 1.165) is 22.3 Å². The van der Waals surface area contributed by atoms with Crippen LogP contribution in [0.2, 0.25) is 0 Å². The first kappa shape index (κ1) is 16.0. The lowest BCUT2D eigenvalue weighted by atomic mass is 10.0. The Hall–Kier alpha value is -1.40. The van der Waals surface area contributed by atoms with Crippen molar-refractivity contribution in [3.05, 3.63) is 45.4 Å². The fourth-order valence-electron chi connectivity index (χ4n) is 2.30. The Morgan fingerprint density at radius 1 is 1.48 bits per heavy atom. The van der Waals surface area contributed by atoms with Crippen LogP contribution >= 0.6 is 15.9 Å². The molecule has 0 fully saturated rings. The van der Waals surface area contributed by atoms with Gasteiger partial charge in [-0.2, -0.15) is 5.10 Å². The quantitative estimate of drug-likeness (QED) is 0.896. The molecular weight excluding hydrogens is 337 g/mol. The third-order valence-corrected chi connectivity index (χ3v) is 4.44. The summed E-state index contributed by atoms with van der Waals surface area (Å²) >= 11 is 3.55. The van der Waals surface area contributed by atoms with E-state index in [4.69, 9.17) is 10.5 Å². The summed E-state index contributed by atoms with van der Waals surface area (Å²) in [5.41, 5.74) is 8.59. The van der Waals surface area contributed by atoms with E-state index in [9.17, 15) is 4.39 Å². The summed E-state index contributed by atoms with van der Waals surface area (Å²) in [4.78, 5) is 0. The molecule has 2 N–H and O–H groups in total. The molecule has 2 rings (SSSR count). The van der Waals surface area contributed by atoms with Crippen molar-refractivity contribution in [2.75, 3.05) is 7.11 Å². The fourth-order valence-corrected chi connectivity index (χ4v) is 3.07. The molecule has 0 amide bonds. The van der Waals surface area contributed by atoms with E-state index in [1.807, 2.05) is 14.0 Å². The minimum Gasteiger partial charge on any atom is -0.497 e. The van der Waals surface area contributed by atoms with E-state index in [1.165, 1.54) is 13.2 Å². The zero-order chi connectivity index (χ0) is 15.6. The smallest absolute Gasteiger partial charge is 0.131 e. The van der Waals surface area contributed by atoms with Crippen molar-refractivity contribution in [2.24, 2.45) is 12.8 Å². The summed E-state index contributed by atoms with van der Waals surface area (Å²) < 4.78 is 21.8. The summed E-state index contributed by atoms with van der Waals surface area (Å²) in [6, 6.07) is 4.30. The number of halogens is 2. The Bertz CT molecular complexity index is 642. The molecule has 0 radical (unpaired) electrons. The summed E-state index contributed by atoms with van der Waals surface area (Å²) in [7, 11) is 3.38. The molecule has 4 nitrogen and oxygen atoms in total. The van der Waals surface area contributed by atoms with Gasteiger partial charge in [0.15, 0.2) is 0 Å².